The highest BCUT2D eigenvalue weighted by atomic mass is 19.1. The highest BCUT2D eigenvalue weighted by Gasteiger charge is 2.42. The quantitative estimate of drug-likeness (QED) is 0.413. The second kappa shape index (κ2) is 9.77. The van der Waals surface area contributed by atoms with E-state index in [4.69, 9.17) is 9.90 Å². The van der Waals surface area contributed by atoms with Crippen LogP contribution < -0.4 is 5.56 Å². The molecule has 11 heteroatoms. The first-order valence-electron chi connectivity index (χ1n) is 9.66. The lowest BCUT2D eigenvalue weighted by Gasteiger charge is -2.45. The summed E-state index contributed by atoms with van der Waals surface area (Å²) in [5.74, 6) is -0.0157. The van der Waals surface area contributed by atoms with Crippen molar-refractivity contribution in [2.75, 3.05) is 19.7 Å². The molecule has 31 heavy (non-hydrogen) atoms. The number of nitrogens with zero attached hydrogens (tertiary/aromatic N) is 4. The molecule has 0 amide bonds. The van der Waals surface area contributed by atoms with Gasteiger partial charge in [0.25, 0.3) is 17.8 Å². The monoisotopic (exact) mass is 433 g/mol. The molecule has 2 atom stereocenters. The zero-order valence-corrected chi connectivity index (χ0v) is 16.7. The molecular weight excluding hydrogens is 409 g/mol. The summed E-state index contributed by atoms with van der Waals surface area (Å²) in [6.45, 7) is 1.02. The van der Waals surface area contributed by atoms with Crippen LogP contribution >= 0.6 is 0 Å². The van der Waals surface area contributed by atoms with Crippen LogP contribution in [0.2, 0.25) is 0 Å². The van der Waals surface area contributed by atoms with E-state index in [0.29, 0.717) is 43.9 Å². The number of hydrogen-bond acceptors (Lipinski definition) is 7. The SMILES string of the molecule is O=CO.O=c1cc(CN2CC[C@H](O)[C@@](CO)(Cc3ccc(F)cc3)C2)nc2nc[nH]n12. The zero-order valence-electron chi connectivity index (χ0n) is 16.7. The number of piperidine rings is 1. The second-order valence-corrected chi connectivity index (χ2v) is 7.55. The molecule has 0 aliphatic carbocycles. The number of aliphatic hydroxyl groups excluding tert-OH is 2. The fourth-order valence-electron chi connectivity index (χ4n) is 3.95. The molecule has 4 N–H and O–H groups in total. The number of hydrogen-bond donors (Lipinski definition) is 4. The third kappa shape index (κ3) is 5.13. The molecule has 1 saturated heterocycles. The number of halogens is 1. The predicted molar refractivity (Wildman–Crippen MR) is 108 cm³/mol. The van der Waals surface area contributed by atoms with E-state index >= 15 is 0 Å². The summed E-state index contributed by atoms with van der Waals surface area (Å²) < 4.78 is 14.5. The van der Waals surface area contributed by atoms with Crippen molar-refractivity contribution in [2.45, 2.75) is 25.5 Å². The molecule has 0 bridgehead atoms. The van der Waals surface area contributed by atoms with Crippen molar-refractivity contribution in [1.82, 2.24) is 24.5 Å². The maximum Gasteiger partial charge on any atom is 0.290 e. The lowest BCUT2D eigenvalue weighted by atomic mass is 9.73. The van der Waals surface area contributed by atoms with E-state index in [1.54, 1.807) is 12.1 Å². The molecule has 3 heterocycles. The van der Waals surface area contributed by atoms with Crippen LogP contribution in [0.15, 0.2) is 41.5 Å². The van der Waals surface area contributed by atoms with Gasteiger partial charge in [-0.3, -0.25) is 19.6 Å². The fourth-order valence-corrected chi connectivity index (χ4v) is 3.95. The van der Waals surface area contributed by atoms with Gasteiger partial charge in [0, 0.05) is 31.1 Å². The number of aromatic nitrogens is 4. The normalized spacial score (nSPS) is 21.5. The lowest BCUT2D eigenvalue weighted by Crippen LogP contribution is -2.54. The number of aromatic amines is 1. The van der Waals surface area contributed by atoms with Gasteiger partial charge in [-0.05, 0) is 30.5 Å². The van der Waals surface area contributed by atoms with Crippen molar-refractivity contribution in [3.05, 3.63) is 64.1 Å². The van der Waals surface area contributed by atoms with Crippen molar-refractivity contribution in [3.8, 4) is 0 Å². The molecule has 0 spiro atoms. The Balaban J connectivity index is 0.000000858. The number of carbonyl (C=O) groups is 1. The molecule has 2 aromatic heterocycles. The van der Waals surface area contributed by atoms with Crippen LogP contribution in [0.4, 0.5) is 4.39 Å². The van der Waals surface area contributed by atoms with Gasteiger partial charge in [0.15, 0.2) is 0 Å². The molecule has 0 unspecified atom stereocenters. The Bertz CT molecular complexity index is 1070. The van der Waals surface area contributed by atoms with Crippen LogP contribution in [0, 0.1) is 11.2 Å². The Labute approximate surface area is 176 Å². The predicted octanol–water partition coefficient (Wildman–Crippen LogP) is 0.0455. The molecule has 0 saturated carbocycles. The van der Waals surface area contributed by atoms with E-state index < -0.39 is 11.5 Å². The van der Waals surface area contributed by atoms with E-state index in [1.165, 1.54) is 29.0 Å². The van der Waals surface area contributed by atoms with Gasteiger partial charge in [0.1, 0.15) is 12.1 Å². The van der Waals surface area contributed by atoms with Crippen LogP contribution in [-0.2, 0) is 17.8 Å². The van der Waals surface area contributed by atoms with Gasteiger partial charge in [-0.1, -0.05) is 12.1 Å². The molecular formula is C20H24FN5O5. The van der Waals surface area contributed by atoms with Gasteiger partial charge in [-0.25, -0.2) is 14.4 Å². The van der Waals surface area contributed by atoms with Crippen molar-refractivity contribution in [1.29, 1.82) is 0 Å². The first-order chi connectivity index (χ1) is 14.9. The summed E-state index contributed by atoms with van der Waals surface area (Å²) in [5.41, 5.74) is 0.434. The minimum Gasteiger partial charge on any atom is -0.483 e. The van der Waals surface area contributed by atoms with Gasteiger partial charge >= 0.3 is 0 Å². The Morgan fingerprint density at radius 3 is 2.71 bits per heavy atom. The third-order valence-electron chi connectivity index (χ3n) is 5.46. The average Bonchev–Trinajstić information content (AvgIpc) is 3.22. The van der Waals surface area contributed by atoms with Crippen molar-refractivity contribution >= 4 is 12.2 Å². The minimum atomic E-state index is -0.762. The third-order valence-corrected chi connectivity index (χ3v) is 5.46. The maximum absolute atomic E-state index is 13.2. The lowest BCUT2D eigenvalue weighted by molar-refractivity contribution is -0.122. The first-order valence-corrected chi connectivity index (χ1v) is 9.66. The molecule has 0 radical (unpaired) electrons. The molecule has 1 aromatic carbocycles. The van der Waals surface area contributed by atoms with Crippen LogP contribution in [0.25, 0.3) is 5.78 Å². The molecule has 3 aromatic rings. The Kier molecular flexibility index (Phi) is 7.10. The van der Waals surface area contributed by atoms with Crippen molar-refractivity contribution in [3.63, 3.8) is 0 Å². The number of likely N-dealkylation sites (tertiary alicyclic amines) is 1. The van der Waals surface area contributed by atoms with E-state index in [0.717, 1.165) is 5.56 Å². The van der Waals surface area contributed by atoms with Gasteiger partial charge in [0.2, 0.25) is 0 Å². The van der Waals surface area contributed by atoms with Gasteiger partial charge in [-0.2, -0.15) is 4.52 Å². The number of nitrogens with one attached hydrogen (secondary N) is 1. The summed E-state index contributed by atoms with van der Waals surface area (Å²) in [5, 5.41) is 30.3. The Morgan fingerprint density at radius 2 is 2.03 bits per heavy atom. The summed E-state index contributed by atoms with van der Waals surface area (Å²) >= 11 is 0. The van der Waals surface area contributed by atoms with E-state index in [2.05, 4.69) is 20.0 Å². The zero-order chi connectivity index (χ0) is 22.4. The average molecular weight is 433 g/mol. The highest BCUT2D eigenvalue weighted by molar-refractivity contribution is 5.32. The number of H-pyrrole nitrogens is 1. The number of benzene rings is 1. The van der Waals surface area contributed by atoms with Crippen LogP contribution in [0.3, 0.4) is 0 Å². The smallest absolute Gasteiger partial charge is 0.290 e. The molecule has 10 nitrogen and oxygen atoms in total. The highest BCUT2D eigenvalue weighted by Crippen LogP contribution is 2.34. The minimum absolute atomic E-state index is 0.198. The topological polar surface area (TPSA) is 144 Å². The van der Waals surface area contributed by atoms with Crippen LogP contribution in [0.1, 0.15) is 17.7 Å². The van der Waals surface area contributed by atoms with Gasteiger partial charge in [0.05, 0.1) is 18.4 Å². The fraction of sp³-hybridized carbons (Fsp3) is 0.400. The van der Waals surface area contributed by atoms with Crippen LogP contribution in [0.5, 0.6) is 0 Å². The first kappa shape index (κ1) is 22.5. The largest absolute Gasteiger partial charge is 0.483 e. The Morgan fingerprint density at radius 1 is 1.32 bits per heavy atom. The molecule has 4 rings (SSSR count). The summed E-state index contributed by atoms with van der Waals surface area (Å²) in [6.07, 6.45) is 1.65. The summed E-state index contributed by atoms with van der Waals surface area (Å²) in [6, 6.07) is 7.56. The van der Waals surface area contributed by atoms with Crippen molar-refractivity contribution < 1.29 is 24.5 Å². The Hall–Kier alpha value is -3.15. The standard InChI is InChI=1S/C19H22FN5O3.CH2O2/c20-14-3-1-13(2-4-14)8-19(11-26)10-24(6-5-16(19)27)9-15-7-17(28)25-18(23-15)21-12-22-25;2-1-3/h1-4,7,12,16,26-27H,5-6,8-11H2,(H,21,22,23);1H,(H,2,3)/t16-,19-;/m0./s1. The van der Waals surface area contributed by atoms with E-state index in [-0.39, 0.29) is 24.5 Å². The van der Waals surface area contributed by atoms with Gasteiger partial charge in [-0.15, -0.1) is 0 Å². The number of rotatable bonds is 5. The molecule has 1 fully saturated rings. The van der Waals surface area contributed by atoms with Crippen molar-refractivity contribution in [2.24, 2.45) is 5.41 Å². The molecule has 1 aliphatic rings. The number of aliphatic hydroxyl groups is 2. The van der Waals surface area contributed by atoms with E-state index in [9.17, 15) is 19.4 Å². The second-order valence-electron chi connectivity index (χ2n) is 7.55. The summed E-state index contributed by atoms with van der Waals surface area (Å²) in [4.78, 5) is 31.0. The van der Waals surface area contributed by atoms with Crippen LogP contribution in [-0.4, -0.2) is 72.1 Å². The maximum atomic E-state index is 13.2. The molecule has 1 aliphatic heterocycles. The van der Waals surface area contributed by atoms with E-state index in [1.807, 2.05) is 0 Å². The van der Waals surface area contributed by atoms with Gasteiger partial charge < -0.3 is 15.3 Å². The number of carboxylic acid groups (broad SMARTS) is 1. The molecule has 166 valence electrons. The summed E-state index contributed by atoms with van der Waals surface area (Å²) in [7, 11) is 0. The number of fused-ring (bicyclic) bond motifs is 1.